The van der Waals surface area contributed by atoms with Gasteiger partial charge in [-0.3, -0.25) is 0 Å². The van der Waals surface area contributed by atoms with Crippen LogP contribution < -0.4 is 4.90 Å². The normalized spacial score (nSPS) is 12.7. The molecule has 1 nitrogen and oxygen atoms in total. The smallest absolute Gasteiger partial charge is 0.0465 e. The van der Waals surface area contributed by atoms with E-state index >= 15 is 0 Å². The van der Waals surface area contributed by atoms with Crippen molar-refractivity contribution in [2.24, 2.45) is 0 Å². The maximum atomic E-state index is 2.46. The van der Waals surface area contributed by atoms with Crippen LogP contribution in [0.1, 0.15) is 48.9 Å². The van der Waals surface area contributed by atoms with Crippen LogP contribution in [-0.4, -0.2) is 0 Å². The lowest BCUT2D eigenvalue weighted by Crippen LogP contribution is -2.23. The summed E-state index contributed by atoms with van der Waals surface area (Å²) in [5.41, 5.74) is 18.8. The first-order valence-corrected chi connectivity index (χ1v) is 21.3. The molecule has 0 unspecified atom stereocenters. The molecule has 0 amide bonds. The molecule has 288 valence electrons. The van der Waals surface area contributed by atoms with Crippen LogP contribution in [0.3, 0.4) is 0 Å². The number of nitrogens with zero attached hydrogens (tertiary/aromatic N) is 1. The molecule has 0 bridgehead atoms. The summed E-state index contributed by atoms with van der Waals surface area (Å²) in [5, 5.41) is 2.52. The lowest BCUT2D eigenvalue weighted by Gasteiger charge is -2.32. The summed E-state index contributed by atoms with van der Waals surface area (Å²) < 4.78 is 0. The molecular formula is C59H47N. The molecule has 0 atom stereocenters. The highest BCUT2D eigenvalue weighted by Gasteiger charge is 2.41. The van der Waals surface area contributed by atoms with E-state index in [4.69, 9.17) is 0 Å². The number of fused-ring (bicyclic) bond motifs is 4. The van der Waals surface area contributed by atoms with E-state index in [2.05, 4.69) is 243 Å². The van der Waals surface area contributed by atoms with Crippen LogP contribution in [-0.2, 0) is 5.41 Å². The van der Waals surface area contributed by atoms with Crippen LogP contribution in [0.25, 0.3) is 67.4 Å². The van der Waals surface area contributed by atoms with Gasteiger partial charge in [0.15, 0.2) is 0 Å². The van der Waals surface area contributed by atoms with E-state index in [1.54, 1.807) is 0 Å². The second-order valence-electron chi connectivity index (χ2n) is 15.9. The minimum atomic E-state index is -0.0682. The highest BCUT2D eigenvalue weighted by atomic mass is 15.1. The molecule has 0 heterocycles. The van der Waals surface area contributed by atoms with Crippen molar-refractivity contribution < 1.29 is 0 Å². The summed E-state index contributed by atoms with van der Waals surface area (Å²) in [6, 6.07) is 77.6. The third-order valence-corrected chi connectivity index (χ3v) is 12.8. The fourth-order valence-corrected chi connectivity index (χ4v) is 9.61. The Bertz CT molecular complexity index is 2930. The van der Waals surface area contributed by atoms with Crippen molar-refractivity contribution in [3.8, 4) is 44.5 Å². The fraction of sp³-hybridized carbons (Fsp3) is 0.0847. The van der Waals surface area contributed by atoms with Gasteiger partial charge in [-0.15, -0.1) is 0 Å². The van der Waals surface area contributed by atoms with E-state index in [1.165, 1.54) is 83.2 Å². The van der Waals surface area contributed by atoms with E-state index in [0.29, 0.717) is 0 Å². The number of hydrogen-bond donors (Lipinski definition) is 0. The van der Waals surface area contributed by atoms with Gasteiger partial charge in [-0.2, -0.15) is 0 Å². The van der Waals surface area contributed by atoms with Crippen molar-refractivity contribution in [2.45, 2.75) is 32.1 Å². The van der Waals surface area contributed by atoms with Gasteiger partial charge in [0.25, 0.3) is 0 Å². The van der Waals surface area contributed by atoms with Gasteiger partial charge in [-0.25, -0.2) is 0 Å². The molecule has 60 heavy (non-hydrogen) atoms. The van der Waals surface area contributed by atoms with Crippen molar-refractivity contribution in [2.75, 3.05) is 4.90 Å². The van der Waals surface area contributed by atoms with E-state index in [1.807, 2.05) is 0 Å². The topological polar surface area (TPSA) is 3.24 Å². The first-order valence-electron chi connectivity index (χ1n) is 21.3. The van der Waals surface area contributed by atoms with Crippen LogP contribution in [0.2, 0.25) is 0 Å². The maximum Gasteiger partial charge on any atom is 0.0465 e. The maximum absolute atomic E-state index is 2.46. The predicted octanol–water partition coefficient (Wildman–Crippen LogP) is 16.6. The number of hydrogen-bond acceptors (Lipinski definition) is 1. The third kappa shape index (κ3) is 6.63. The van der Waals surface area contributed by atoms with Gasteiger partial charge in [0.1, 0.15) is 0 Å². The van der Waals surface area contributed by atoms with Crippen LogP contribution in [0.15, 0.2) is 212 Å². The molecule has 0 N–H and O–H groups in total. The Morgan fingerprint density at radius 1 is 0.367 bits per heavy atom. The van der Waals surface area contributed by atoms with Gasteiger partial charge in [-0.1, -0.05) is 196 Å². The highest BCUT2D eigenvalue weighted by molar-refractivity contribution is 6.01. The predicted molar refractivity (Wildman–Crippen MR) is 257 cm³/mol. The summed E-state index contributed by atoms with van der Waals surface area (Å²) in [6.45, 7) is 4.71. The van der Waals surface area contributed by atoms with Crippen molar-refractivity contribution in [1.82, 2.24) is 0 Å². The summed E-state index contributed by atoms with van der Waals surface area (Å²) in [5.74, 6) is 0. The Kier molecular flexibility index (Phi) is 9.79. The van der Waals surface area contributed by atoms with Gasteiger partial charge in [-0.05, 0) is 133 Å². The zero-order valence-electron chi connectivity index (χ0n) is 34.2. The van der Waals surface area contributed by atoms with E-state index < -0.39 is 0 Å². The van der Waals surface area contributed by atoms with Gasteiger partial charge in [0, 0.05) is 22.5 Å². The molecule has 0 fully saturated rings. The van der Waals surface area contributed by atoms with Gasteiger partial charge >= 0.3 is 0 Å². The minimum Gasteiger partial charge on any atom is -0.310 e. The van der Waals surface area contributed by atoms with Crippen LogP contribution in [0.5, 0.6) is 0 Å². The number of benzene rings is 9. The molecule has 1 aliphatic rings. The third-order valence-electron chi connectivity index (χ3n) is 12.8. The van der Waals surface area contributed by atoms with Gasteiger partial charge in [0.05, 0.1) is 0 Å². The Morgan fingerprint density at radius 3 is 1.62 bits per heavy atom. The molecule has 1 heteroatoms. The lowest BCUT2D eigenvalue weighted by atomic mass is 9.73. The molecule has 0 aliphatic heterocycles. The molecule has 0 spiro atoms. The molecule has 0 saturated carbocycles. The monoisotopic (exact) mass is 769 g/mol. The largest absolute Gasteiger partial charge is 0.310 e. The van der Waals surface area contributed by atoms with Crippen molar-refractivity contribution in [3.63, 3.8) is 0 Å². The number of rotatable bonds is 10. The highest BCUT2D eigenvalue weighted by Crippen LogP contribution is 2.54. The van der Waals surface area contributed by atoms with Crippen molar-refractivity contribution in [1.29, 1.82) is 0 Å². The van der Waals surface area contributed by atoms with Crippen molar-refractivity contribution in [3.05, 3.63) is 235 Å². The van der Waals surface area contributed by atoms with Gasteiger partial charge < -0.3 is 4.90 Å². The van der Waals surface area contributed by atoms with E-state index in [0.717, 1.165) is 24.2 Å². The molecule has 1 aliphatic carbocycles. The summed E-state index contributed by atoms with van der Waals surface area (Å²) in [7, 11) is 0. The summed E-state index contributed by atoms with van der Waals surface area (Å²) in [6.07, 6.45) is 6.60. The Morgan fingerprint density at radius 2 is 0.917 bits per heavy atom. The minimum absolute atomic E-state index is 0.0682. The lowest BCUT2D eigenvalue weighted by molar-refractivity contribution is 0.490. The standard InChI is InChI=1S/C59H47N/c1-3-59(4-2)57-39-43(31-36-54(57)55-38-35-50(41-58(55)59)60(48-21-10-6-11-22-48)49-23-12-7-13-24-49)28-27-42-29-32-46(33-30-42)56-40-47(44-17-8-5-9-18-44)34-37-53(56)52-26-16-20-45-19-14-15-25-51(45)52/h5-41H,3-4H2,1-2H3/b28-27+. The van der Waals surface area contributed by atoms with E-state index in [-0.39, 0.29) is 5.41 Å². The Balaban J connectivity index is 0.978. The second-order valence-corrected chi connectivity index (χ2v) is 15.9. The molecule has 9 aromatic rings. The summed E-state index contributed by atoms with van der Waals surface area (Å²) in [4.78, 5) is 2.38. The van der Waals surface area contributed by atoms with E-state index in [9.17, 15) is 0 Å². The zero-order chi connectivity index (χ0) is 40.5. The molecule has 9 aromatic carbocycles. The molecule has 0 aromatic heterocycles. The summed E-state index contributed by atoms with van der Waals surface area (Å²) >= 11 is 0. The quantitative estimate of drug-likeness (QED) is 0.125. The average Bonchev–Trinajstić information content (AvgIpc) is 3.60. The average molecular weight is 770 g/mol. The molecule has 10 rings (SSSR count). The molecule has 0 radical (unpaired) electrons. The number of para-hydroxylation sites is 2. The SMILES string of the molecule is CCC1(CC)c2cc(/C=C/c3ccc(-c4cc(-c5ccccc5)ccc4-c4cccc5ccccc45)cc3)ccc2-c2ccc(N(c3ccccc3)c3ccccc3)cc21. The van der Waals surface area contributed by atoms with Crippen LogP contribution in [0.4, 0.5) is 17.1 Å². The fourth-order valence-electron chi connectivity index (χ4n) is 9.61. The van der Waals surface area contributed by atoms with Crippen LogP contribution in [0, 0.1) is 0 Å². The first-order chi connectivity index (χ1) is 29.6. The van der Waals surface area contributed by atoms with Crippen molar-refractivity contribution >= 4 is 40.0 Å². The van der Waals surface area contributed by atoms with Gasteiger partial charge in [0.2, 0.25) is 0 Å². The van der Waals surface area contributed by atoms with Crippen LogP contribution >= 0.6 is 0 Å². The molecule has 0 saturated heterocycles. The zero-order valence-corrected chi connectivity index (χ0v) is 34.2. The second kappa shape index (κ2) is 15.9. The first kappa shape index (κ1) is 37.1. The number of anilines is 3. The Hall–Kier alpha value is -7.22. The Labute approximate surface area is 354 Å². The molecular weight excluding hydrogens is 723 g/mol.